The lowest BCUT2D eigenvalue weighted by Crippen LogP contribution is -2.20. The van der Waals surface area contributed by atoms with Gasteiger partial charge in [-0.15, -0.1) is 0 Å². The summed E-state index contributed by atoms with van der Waals surface area (Å²) >= 11 is 0. The quantitative estimate of drug-likeness (QED) is 0.210. The number of halogens is 3. The minimum atomic E-state index is -4.63. The number of pyridine rings is 1. The Morgan fingerprint density at radius 3 is 2.29 bits per heavy atom. The van der Waals surface area contributed by atoms with Gasteiger partial charge in [0.15, 0.2) is 0 Å². The van der Waals surface area contributed by atoms with E-state index in [2.05, 4.69) is 9.71 Å². The molecule has 0 fully saturated rings. The Balaban J connectivity index is 1.54. The molecular weight excluding hydrogens is 567 g/mol. The fourth-order valence-electron chi connectivity index (χ4n) is 4.44. The summed E-state index contributed by atoms with van der Waals surface area (Å²) in [4.78, 5) is 17.5. The molecule has 0 aliphatic rings. The van der Waals surface area contributed by atoms with E-state index in [9.17, 15) is 31.5 Å². The fraction of sp³-hybridized carbons (Fsp3) is 0.0968. The Labute approximate surface area is 239 Å². The zero-order valence-corrected chi connectivity index (χ0v) is 23.2. The topological polar surface area (TPSA) is 101 Å². The van der Waals surface area contributed by atoms with Crippen molar-refractivity contribution in [3.05, 3.63) is 124 Å². The Kier molecular flexibility index (Phi) is 7.38. The first-order valence-electron chi connectivity index (χ1n) is 12.6. The maximum absolute atomic E-state index is 13.4. The molecule has 214 valence electrons. The van der Waals surface area contributed by atoms with Crippen LogP contribution in [0.3, 0.4) is 0 Å². The van der Waals surface area contributed by atoms with Gasteiger partial charge in [-0.25, -0.2) is 13.0 Å². The van der Waals surface area contributed by atoms with Gasteiger partial charge >= 0.3 is 6.18 Å². The molecule has 0 atom stereocenters. The molecular formula is C31H24F3N3O4S. The third-order valence-electron chi connectivity index (χ3n) is 6.76. The van der Waals surface area contributed by atoms with Crippen LogP contribution in [0.5, 0.6) is 5.88 Å². The van der Waals surface area contributed by atoms with Crippen molar-refractivity contribution in [1.29, 1.82) is 0 Å². The molecule has 0 bridgehead atoms. The van der Waals surface area contributed by atoms with Crippen molar-refractivity contribution in [2.45, 2.75) is 24.9 Å². The van der Waals surface area contributed by atoms with Gasteiger partial charge in [-0.2, -0.15) is 13.2 Å². The SMILES string of the molecule is Cc1ccc(-n2c(O)c(C=Nc3cccc(S(=O)(=O)Nc4cccc(C(F)(F)F)c4)c3)c3ccccc3c2=O)cc1C. The van der Waals surface area contributed by atoms with Crippen LogP contribution in [0, 0.1) is 13.8 Å². The smallest absolute Gasteiger partial charge is 0.416 e. The second kappa shape index (κ2) is 10.8. The number of sulfonamides is 1. The van der Waals surface area contributed by atoms with E-state index >= 15 is 0 Å². The number of nitrogens with zero attached hydrogens (tertiary/aromatic N) is 2. The first-order chi connectivity index (χ1) is 19.8. The number of anilines is 1. The first-order valence-corrected chi connectivity index (χ1v) is 14.1. The number of alkyl halides is 3. The number of benzene rings is 4. The van der Waals surface area contributed by atoms with E-state index in [1.165, 1.54) is 41.1 Å². The van der Waals surface area contributed by atoms with Crippen LogP contribution >= 0.6 is 0 Å². The Bertz CT molecular complexity index is 2030. The normalized spacial score (nSPS) is 12.2. The summed E-state index contributed by atoms with van der Waals surface area (Å²) < 4.78 is 68.6. The van der Waals surface area contributed by atoms with Crippen LogP contribution in [0.25, 0.3) is 16.5 Å². The lowest BCUT2D eigenvalue weighted by Gasteiger charge is -2.15. The van der Waals surface area contributed by atoms with Crippen molar-refractivity contribution in [3.63, 3.8) is 0 Å². The molecule has 0 aliphatic heterocycles. The van der Waals surface area contributed by atoms with Crippen LogP contribution in [0.4, 0.5) is 24.5 Å². The van der Waals surface area contributed by atoms with Crippen LogP contribution in [0.1, 0.15) is 22.3 Å². The maximum atomic E-state index is 13.4. The van der Waals surface area contributed by atoms with Gasteiger partial charge < -0.3 is 5.11 Å². The predicted molar refractivity (Wildman–Crippen MR) is 157 cm³/mol. The van der Waals surface area contributed by atoms with E-state index in [-0.39, 0.29) is 27.7 Å². The molecule has 0 radical (unpaired) electrons. The van der Waals surface area contributed by atoms with E-state index in [0.717, 1.165) is 23.3 Å². The van der Waals surface area contributed by atoms with Crippen molar-refractivity contribution in [2.24, 2.45) is 4.99 Å². The molecule has 2 N–H and O–H groups in total. The van der Waals surface area contributed by atoms with E-state index in [1.807, 2.05) is 19.9 Å². The molecule has 0 spiro atoms. The summed E-state index contributed by atoms with van der Waals surface area (Å²) in [6.07, 6.45) is -3.30. The largest absolute Gasteiger partial charge is 0.494 e. The highest BCUT2D eigenvalue weighted by Gasteiger charge is 2.30. The fourth-order valence-corrected chi connectivity index (χ4v) is 5.53. The molecule has 4 aromatic carbocycles. The number of aliphatic imine (C=N–C) groups is 1. The van der Waals surface area contributed by atoms with E-state index in [1.54, 1.807) is 36.4 Å². The van der Waals surface area contributed by atoms with Crippen LogP contribution < -0.4 is 10.3 Å². The van der Waals surface area contributed by atoms with E-state index < -0.39 is 27.3 Å². The second-order valence-corrected chi connectivity index (χ2v) is 11.3. The average Bonchev–Trinajstić information content (AvgIpc) is 2.94. The summed E-state index contributed by atoms with van der Waals surface area (Å²) in [5.74, 6) is -0.347. The summed E-state index contributed by atoms with van der Waals surface area (Å²) in [5.41, 5.74) is 1.18. The molecule has 42 heavy (non-hydrogen) atoms. The lowest BCUT2D eigenvalue weighted by molar-refractivity contribution is -0.137. The zero-order valence-electron chi connectivity index (χ0n) is 22.3. The zero-order chi connectivity index (χ0) is 30.2. The molecule has 5 aromatic rings. The van der Waals surface area contributed by atoms with Gasteiger partial charge in [-0.1, -0.05) is 36.4 Å². The minimum absolute atomic E-state index is 0.189. The molecule has 0 aliphatic carbocycles. The highest BCUT2D eigenvalue weighted by atomic mass is 32.2. The average molecular weight is 592 g/mol. The Hall–Kier alpha value is -4.90. The van der Waals surface area contributed by atoms with Gasteiger partial charge in [0.1, 0.15) is 0 Å². The third-order valence-corrected chi connectivity index (χ3v) is 8.14. The molecule has 7 nitrogen and oxygen atoms in total. The van der Waals surface area contributed by atoms with Crippen molar-refractivity contribution in [1.82, 2.24) is 4.57 Å². The lowest BCUT2D eigenvalue weighted by atomic mass is 10.1. The molecule has 1 aromatic heterocycles. The first kappa shape index (κ1) is 28.6. The maximum Gasteiger partial charge on any atom is 0.416 e. The summed E-state index contributed by atoms with van der Waals surface area (Å²) in [6, 6.07) is 21.4. The highest BCUT2D eigenvalue weighted by Crippen LogP contribution is 2.32. The monoisotopic (exact) mass is 591 g/mol. The van der Waals surface area contributed by atoms with Gasteiger partial charge in [0.05, 0.1) is 27.4 Å². The molecule has 0 unspecified atom stereocenters. The molecule has 0 amide bonds. The van der Waals surface area contributed by atoms with E-state index in [4.69, 9.17) is 0 Å². The van der Waals surface area contributed by atoms with Gasteiger partial charge in [-0.05, 0) is 79.6 Å². The minimum Gasteiger partial charge on any atom is -0.494 e. The van der Waals surface area contributed by atoms with Gasteiger partial charge in [-0.3, -0.25) is 14.5 Å². The Morgan fingerprint density at radius 2 is 1.57 bits per heavy atom. The predicted octanol–water partition coefficient (Wildman–Crippen LogP) is 6.88. The number of nitrogens with one attached hydrogen (secondary N) is 1. The summed E-state index contributed by atoms with van der Waals surface area (Å²) in [6.45, 7) is 3.83. The Morgan fingerprint density at radius 1 is 0.857 bits per heavy atom. The molecule has 5 rings (SSSR count). The van der Waals surface area contributed by atoms with Gasteiger partial charge in [0.25, 0.3) is 15.6 Å². The number of aromatic nitrogens is 1. The van der Waals surface area contributed by atoms with E-state index in [0.29, 0.717) is 22.5 Å². The van der Waals surface area contributed by atoms with Gasteiger partial charge in [0.2, 0.25) is 5.88 Å². The van der Waals surface area contributed by atoms with Crippen molar-refractivity contribution >= 4 is 38.4 Å². The van der Waals surface area contributed by atoms with Crippen molar-refractivity contribution in [3.8, 4) is 11.6 Å². The standard InChI is InChI=1S/C31H24F3N3O4S/c1-19-13-14-24(15-20(19)2)37-29(38)27-12-4-3-11-26(27)28(30(37)39)18-35-22-8-6-10-25(17-22)42(40,41)36-23-9-5-7-21(16-23)31(32,33)34/h3-18,36,39H,1-2H3. The van der Waals surface area contributed by atoms with Crippen LogP contribution in [-0.2, 0) is 16.2 Å². The van der Waals surface area contributed by atoms with Crippen molar-refractivity contribution < 1.29 is 26.7 Å². The number of aryl methyl sites for hydroxylation is 2. The molecule has 0 saturated carbocycles. The number of hydrogen-bond donors (Lipinski definition) is 2. The third kappa shape index (κ3) is 5.64. The molecule has 0 saturated heterocycles. The molecule has 11 heteroatoms. The number of fused-ring (bicyclic) bond motifs is 1. The second-order valence-electron chi connectivity index (χ2n) is 9.63. The summed E-state index contributed by atoms with van der Waals surface area (Å²) in [5, 5.41) is 12.1. The number of rotatable bonds is 6. The van der Waals surface area contributed by atoms with Crippen LogP contribution in [0.15, 0.2) is 106 Å². The van der Waals surface area contributed by atoms with Crippen molar-refractivity contribution in [2.75, 3.05) is 4.72 Å². The molecule has 1 heterocycles. The number of hydrogen-bond acceptors (Lipinski definition) is 5. The van der Waals surface area contributed by atoms with Crippen LogP contribution in [0.2, 0.25) is 0 Å². The van der Waals surface area contributed by atoms with Crippen LogP contribution in [-0.4, -0.2) is 24.3 Å². The summed E-state index contributed by atoms with van der Waals surface area (Å²) in [7, 11) is -4.27. The highest BCUT2D eigenvalue weighted by molar-refractivity contribution is 7.92. The number of aromatic hydroxyl groups is 1. The van der Waals surface area contributed by atoms with Gasteiger partial charge in [0, 0.05) is 22.7 Å².